The number of halogens is 4. The molecule has 3 fully saturated rings. The smallest absolute Gasteiger partial charge is 0.403 e. The molecule has 0 bridgehead atoms. The van der Waals surface area contributed by atoms with Crippen molar-refractivity contribution in [2.24, 2.45) is 29.6 Å². The van der Waals surface area contributed by atoms with E-state index in [1.807, 2.05) is 0 Å². The summed E-state index contributed by atoms with van der Waals surface area (Å²) in [5, 5.41) is 0. The molecule has 1 aromatic carbocycles. The number of ether oxygens (including phenoxy) is 1. The summed E-state index contributed by atoms with van der Waals surface area (Å²) in [5.74, 6) is 3.08. The molecule has 3 saturated carbocycles. The lowest BCUT2D eigenvalue weighted by Crippen LogP contribution is -2.27. The molecule has 0 heterocycles. The molecular formula is C27H38F4O. The van der Waals surface area contributed by atoms with Crippen molar-refractivity contribution in [3.8, 4) is 5.75 Å². The van der Waals surface area contributed by atoms with E-state index in [1.165, 1.54) is 63.9 Å². The van der Waals surface area contributed by atoms with Crippen molar-refractivity contribution in [1.29, 1.82) is 0 Å². The molecule has 0 amide bonds. The van der Waals surface area contributed by atoms with Crippen molar-refractivity contribution in [1.82, 2.24) is 0 Å². The van der Waals surface area contributed by atoms with Gasteiger partial charge in [-0.05, 0) is 117 Å². The predicted molar refractivity (Wildman–Crippen MR) is 119 cm³/mol. The van der Waals surface area contributed by atoms with Gasteiger partial charge in [-0.15, -0.1) is 13.2 Å². The van der Waals surface area contributed by atoms with Gasteiger partial charge in [0.1, 0.15) is 0 Å². The van der Waals surface area contributed by atoms with E-state index >= 15 is 0 Å². The molecule has 180 valence electrons. The highest BCUT2D eigenvalue weighted by atomic mass is 19.4. The third-order valence-corrected chi connectivity index (χ3v) is 8.85. The minimum atomic E-state index is -4.87. The fraction of sp³-hybridized carbons (Fsp3) is 0.778. The summed E-state index contributed by atoms with van der Waals surface area (Å²) in [6.07, 6.45) is 12.1. The normalized spacial score (nSPS) is 33.9. The van der Waals surface area contributed by atoms with Crippen LogP contribution >= 0.6 is 0 Å². The van der Waals surface area contributed by atoms with Crippen LogP contribution in [0.3, 0.4) is 0 Å². The van der Waals surface area contributed by atoms with Gasteiger partial charge in [0, 0.05) is 0 Å². The van der Waals surface area contributed by atoms with Gasteiger partial charge in [0.25, 0.3) is 0 Å². The van der Waals surface area contributed by atoms with Gasteiger partial charge in [-0.25, -0.2) is 4.39 Å². The quantitative estimate of drug-likeness (QED) is 0.390. The zero-order valence-corrected chi connectivity index (χ0v) is 19.3. The highest BCUT2D eigenvalue weighted by Crippen LogP contribution is 2.48. The Bertz CT molecular complexity index is 730. The molecule has 1 aromatic rings. The molecule has 3 aliphatic rings. The Labute approximate surface area is 190 Å². The molecule has 0 radical (unpaired) electrons. The summed E-state index contributed by atoms with van der Waals surface area (Å²) in [7, 11) is 0. The molecule has 0 saturated heterocycles. The number of benzene rings is 1. The summed E-state index contributed by atoms with van der Waals surface area (Å²) in [6, 6.07) is 3.97. The Morgan fingerprint density at radius 2 is 1.38 bits per heavy atom. The van der Waals surface area contributed by atoms with E-state index in [0.29, 0.717) is 0 Å². The fourth-order valence-electron chi connectivity index (χ4n) is 7.20. The first kappa shape index (κ1) is 23.9. The van der Waals surface area contributed by atoms with Crippen LogP contribution in [0.25, 0.3) is 0 Å². The first-order chi connectivity index (χ1) is 15.3. The van der Waals surface area contributed by atoms with Crippen molar-refractivity contribution in [3.05, 3.63) is 29.6 Å². The molecule has 5 heteroatoms. The maximum Gasteiger partial charge on any atom is 0.573 e. The van der Waals surface area contributed by atoms with Gasteiger partial charge in [0.15, 0.2) is 11.6 Å². The van der Waals surface area contributed by atoms with Crippen LogP contribution in [0.5, 0.6) is 5.75 Å². The molecule has 4 rings (SSSR count). The maximum absolute atomic E-state index is 14.1. The number of hydrogen-bond acceptors (Lipinski definition) is 1. The third-order valence-electron chi connectivity index (χ3n) is 8.85. The molecule has 0 spiro atoms. The zero-order chi connectivity index (χ0) is 22.7. The Morgan fingerprint density at radius 3 is 1.94 bits per heavy atom. The van der Waals surface area contributed by atoms with E-state index in [9.17, 15) is 17.6 Å². The standard InChI is InChI=1S/C27H38F4O/c1-2-3-18-4-5-23(16-18)21-10-6-19(7-11-21)20-8-12-22(13-9-20)24-14-15-26(25(28)17-24)32-27(29,30)31/h14-15,17-23H,2-13,16H2,1H3. The van der Waals surface area contributed by atoms with Crippen molar-refractivity contribution in [2.45, 2.75) is 103 Å². The van der Waals surface area contributed by atoms with Gasteiger partial charge in [0.05, 0.1) is 0 Å². The van der Waals surface area contributed by atoms with Gasteiger partial charge in [0.2, 0.25) is 0 Å². The molecule has 0 N–H and O–H groups in total. The van der Waals surface area contributed by atoms with Gasteiger partial charge in [-0.2, -0.15) is 0 Å². The van der Waals surface area contributed by atoms with Crippen molar-refractivity contribution in [2.75, 3.05) is 0 Å². The van der Waals surface area contributed by atoms with Crippen molar-refractivity contribution < 1.29 is 22.3 Å². The predicted octanol–water partition coefficient (Wildman–Crippen LogP) is 9.02. The minimum absolute atomic E-state index is 0.242. The van der Waals surface area contributed by atoms with E-state index < -0.39 is 17.9 Å². The van der Waals surface area contributed by atoms with Crippen molar-refractivity contribution >= 4 is 0 Å². The Balaban J connectivity index is 1.23. The summed E-state index contributed by atoms with van der Waals surface area (Å²) in [6.45, 7) is 2.31. The Kier molecular flexibility index (Phi) is 7.72. The fourth-order valence-corrected chi connectivity index (χ4v) is 7.20. The molecule has 0 aromatic heterocycles. The molecular weight excluding hydrogens is 416 g/mol. The van der Waals surface area contributed by atoms with Crippen LogP contribution in [0.2, 0.25) is 0 Å². The summed E-state index contributed by atoms with van der Waals surface area (Å²) in [4.78, 5) is 0. The van der Waals surface area contributed by atoms with Crippen LogP contribution in [0.15, 0.2) is 18.2 Å². The number of hydrogen-bond donors (Lipinski definition) is 0. The van der Waals surface area contributed by atoms with Crippen LogP contribution in [0, 0.1) is 35.4 Å². The first-order valence-electron chi connectivity index (χ1n) is 12.9. The first-order valence-corrected chi connectivity index (χ1v) is 12.9. The molecule has 0 aliphatic heterocycles. The Morgan fingerprint density at radius 1 is 0.812 bits per heavy atom. The van der Waals surface area contributed by atoms with Gasteiger partial charge >= 0.3 is 6.36 Å². The van der Waals surface area contributed by atoms with Crippen LogP contribution in [0.1, 0.15) is 102 Å². The highest BCUT2D eigenvalue weighted by Gasteiger charge is 2.36. The highest BCUT2D eigenvalue weighted by molar-refractivity contribution is 5.31. The molecule has 2 unspecified atom stereocenters. The molecule has 2 atom stereocenters. The number of alkyl halides is 3. The van der Waals surface area contributed by atoms with Gasteiger partial charge in [-0.3, -0.25) is 0 Å². The van der Waals surface area contributed by atoms with Crippen LogP contribution in [0.4, 0.5) is 17.6 Å². The monoisotopic (exact) mass is 454 g/mol. The van der Waals surface area contributed by atoms with Crippen LogP contribution in [-0.4, -0.2) is 6.36 Å². The second-order valence-corrected chi connectivity index (χ2v) is 10.8. The lowest BCUT2D eigenvalue weighted by Gasteiger charge is -2.39. The average molecular weight is 455 g/mol. The van der Waals surface area contributed by atoms with Crippen molar-refractivity contribution in [3.63, 3.8) is 0 Å². The van der Waals surface area contributed by atoms with Crippen LogP contribution < -0.4 is 4.74 Å². The Hall–Kier alpha value is -1.26. The summed E-state index contributed by atoms with van der Waals surface area (Å²) in [5.41, 5.74) is 0.807. The van der Waals surface area contributed by atoms with E-state index in [1.54, 1.807) is 6.07 Å². The van der Waals surface area contributed by atoms with E-state index in [4.69, 9.17) is 0 Å². The average Bonchev–Trinajstić information content (AvgIpc) is 3.24. The van der Waals surface area contributed by atoms with Crippen LogP contribution in [-0.2, 0) is 0 Å². The molecule has 1 nitrogen and oxygen atoms in total. The second kappa shape index (κ2) is 10.3. The summed E-state index contributed by atoms with van der Waals surface area (Å²) >= 11 is 0. The summed E-state index contributed by atoms with van der Waals surface area (Å²) < 4.78 is 55.0. The van der Waals surface area contributed by atoms with Gasteiger partial charge < -0.3 is 4.74 Å². The van der Waals surface area contributed by atoms with E-state index in [0.717, 1.165) is 66.9 Å². The van der Waals surface area contributed by atoms with Gasteiger partial charge in [-0.1, -0.05) is 32.3 Å². The van der Waals surface area contributed by atoms with E-state index in [-0.39, 0.29) is 5.92 Å². The third kappa shape index (κ3) is 5.99. The zero-order valence-electron chi connectivity index (χ0n) is 19.3. The number of rotatable bonds is 6. The lowest BCUT2D eigenvalue weighted by molar-refractivity contribution is -0.275. The SMILES string of the molecule is CCCC1CCC(C2CCC(C3CCC(c4ccc(OC(F)(F)F)c(F)c4)CC3)CC2)C1. The largest absolute Gasteiger partial charge is 0.573 e. The second-order valence-electron chi connectivity index (χ2n) is 10.8. The topological polar surface area (TPSA) is 9.23 Å². The molecule has 32 heavy (non-hydrogen) atoms. The maximum atomic E-state index is 14.1. The lowest BCUT2D eigenvalue weighted by atomic mass is 9.66. The minimum Gasteiger partial charge on any atom is -0.403 e. The van der Waals surface area contributed by atoms with E-state index in [2.05, 4.69) is 11.7 Å². The molecule has 3 aliphatic carbocycles.